The van der Waals surface area contributed by atoms with Gasteiger partial charge in [0.2, 0.25) is 5.71 Å². The zero-order valence-corrected chi connectivity index (χ0v) is 21.3. The molecule has 3 aromatic carbocycles. The van der Waals surface area contributed by atoms with E-state index in [2.05, 4.69) is 122 Å². The number of furan rings is 1. The van der Waals surface area contributed by atoms with Crippen LogP contribution in [0.5, 0.6) is 0 Å². The van der Waals surface area contributed by atoms with Crippen molar-refractivity contribution in [2.24, 2.45) is 0 Å². The Morgan fingerprint density at radius 1 is 0.771 bits per heavy atom. The van der Waals surface area contributed by atoms with E-state index >= 15 is 0 Å². The van der Waals surface area contributed by atoms with Crippen LogP contribution in [-0.4, -0.2) is 11.1 Å². The molecular weight excluding hydrogens is 430 g/mol. The van der Waals surface area contributed by atoms with E-state index in [1.165, 1.54) is 28.1 Å². The zero-order valence-electron chi connectivity index (χ0n) is 21.3. The first-order chi connectivity index (χ1) is 16.8. The molecule has 4 heteroatoms. The molecular formula is C31H31N3O. The second kappa shape index (κ2) is 7.61. The second-order valence-corrected chi connectivity index (χ2v) is 10.2. The van der Waals surface area contributed by atoms with Crippen LogP contribution in [0.2, 0.25) is 0 Å². The lowest BCUT2D eigenvalue weighted by atomic mass is 9.88. The number of aryl methyl sites for hydroxylation is 3. The van der Waals surface area contributed by atoms with Crippen molar-refractivity contribution in [1.29, 1.82) is 0 Å². The Morgan fingerprint density at radius 3 is 2.23 bits per heavy atom. The van der Waals surface area contributed by atoms with Gasteiger partial charge in [-0.2, -0.15) is 0 Å². The van der Waals surface area contributed by atoms with Gasteiger partial charge in [0.1, 0.15) is 6.17 Å². The molecule has 4 nitrogen and oxygen atoms in total. The predicted molar refractivity (Wildman–Crippen MR) is 146 cm³/mol. The number of aromatic nitrogens is 1. The quantitative estimate of drug-likeness (QED) is 0.271. The summed E-state index contributed by atoms with van der Waals surface area (Å²) in [5.74, 6) is 0. The van der Waals surface area contributed by atoms with E-state index < -0.39 is 0 Å². The SMILES string of the molecule is Cc1ccc2c(n1)oc1c(N3c4ccccc4N(C(C)(C)c4ccccc4C)[C@@H]3C)c(C)ccc12. The molecule has 1 atom stereocenters. The van der Waals surface area contributed by atoms with E-state index in [1.54, 1.807) is 0 Å². The maximum atomic E-state index is 6.47. The fourth-order valence-electron chi connectivity index (χ4n) is 6.05. The highest BCUT2D eigenvalue weighted by Gasteiger charge is 2.43. The molecule has 0 fully saturated rings. The standard InChI is InChI=1S/C31H31N3O/c1-19-11-7-8-12-25(19)31(5,6)34-22(4)33(26-13-9-10-14-27(26)34)28-20(2)15-17-23-24-18-16-21(3)32-30(24)35-29(23)28/h7-18,22H,1-6H3/t22-/m1/s1. The lowest BCUT2D eigenvalue weighted by Gasteiger charge is -2.43. The third-order valence-electron chi connectivity index (χ3n) is 7.62. The monoisotopic (exact) mass is 461 g/mol. The molecule has 2 aromatic heterocycles. The highest BCUT2D eigenvalue weighted by Crippen LogP contribution is 2.52. The molecule has 0 aliphatic carbocycles. The second-order valence-electron chi connectivity index (χ2n) is 10.2. The topological polar surface area (TPSA) is 32.5 Å². The van der Waals surface area contributed by atoms with Gasteiger partial charge in [0.05, 0.1) is 22.6 Å². The van der Waals surface area contributed by atoms with Crippen molar-refractivity contribution >= 4 is 39.1 Å². The van der Waals surface area contributed by atoms with Gasteiger partial charge < -0.3 is 14.2 Å². The molecule has 35 heavy (non-hydrogen) atoms. The number of fused-ring (bicyclic) bond motifs is 4. The molecule has 0 N–H and O–H groups in total. The molecule has 0 saturated heterocycles. The third kappa shape index (κ3) is 3.09. The number of rotatable bonds is 3. The minimum absolute atomic E-state index is 0.0780. The minimum Gasteiger partial charge on any atom is -0.435 e. The summed E-state index contributed by atoms with van der Waals surface area (Å²) in [5.41, 5.74) is 9.70. The molecule has 6 rings (SSSR count). The molecule has 0 unspecified atom stereocenters. The fraction of sp³-hybridized carbons (Fsp3) is 0.258. The van der Waals surface area contributed by atoms with Crippen LogP contribution in [0.15, 0.2) is 77.2 Å². The molecule has 5 aromatic rings. The molecule has 1 aliphatic heterocycles. The number of hydrogen-bond donors (Lipinski definition) is 0. The molecule has 0 spiro atoms. The fourth-order valence-corrected chi connectivity index (χ4v) is 6.05. The largest absolute Gasteiger partial charge is 0.435 e. The maximum Gasteiger partial charge on any atom is 0.227 e. The highest BCUT2D eigenvalue weighted by atomic mass is 16.3. The summed E-state index contributed by atoms with van der Waals surface area (Å²) in [6, 6.07) is 26.0. The summed E-state index contributed by atoms with van der Waals surface area (Å²) in [7, 11) is 0. The lowest BCUT2D eigenvalue weighted by molar-refractivity contribution is 0.446. The van der Waals surface area contributed by atoms with E-state index in [4.69, 9.17) is 4.42 Å². The average Bonchev–Trinajstić information content (AvgIpc) is 3.33. The Kier molecular flexibility index (Phi) is 4.72. The highest BCUT2D eigenvalue weighted by molar-refractivity contribution is 6.10. The Balaban J connectivity index is 1.59. The van der Waals surface area contributed by atoms with E-state index in [1.807, 2.05) is 6.92 Å². The van der Waals surface area contributed by atoms with Gasteiger partial charge in [0, 0.05) is 16.5 Å². The number of hydrogen-bond acceptors (Lipinski definition) is 4. The number of para-hydroxylation sites is 2. The lowest BCUT2D eigenvalue weighted by Crippen LogP contribution is -2.49. The Hall–Kier alpha value is -3.79. The Bertz CT molecular complexity index is 1600. The summed E-state index contributed by atoms with van der Waals surface area (Å²) in [4.78, 5) is 9.68. The summed E-state index contributed by atoms with van der Waals surface area (Å²) in [6.45, 7) is 13.3. The summed E-state index contributed by atoms with van der Waals surface area (Å²) >= 11 is 0. The molecule has 3 heterocycles. The summed E-state index contributed by atoms with van der Waals surface area (Å²) in [5, 5.41) is 2.17. The first kappa shape index (κ1) is 21.7. The first-order valence-corrected chi connectivity index (χ1v) is 12.3. The van der Waals surface area contributed by atoms with Gasteiger partial charge in [0.25, 0.3) is 0 Å². The zero-order chi connectivity index (χ0) is 24.5. The predicted octanol–water partition coefficient (Wildman–Crippen LogP) is 8.15. The molecule has 0 saturated carbocycles. The van der Waals surface area contributed by atoms with E-state index in [-0.39, 0.29) is 11.7 Å². The van der Waals surface area contributed by atoms with Crippen molar-refractivity contribution in [2.75, 3.05) is 9.80 Å². The van der Waals surface area contributed by atoms with Crippen molar-refractivity contribution < 1.29 is 4.42 Å². The van der Waals surface area contributed by atoms with Crippen molar-refractivity contribution in [3.05, 3.63) is 95.2 Å². The molecule has 0 radical (unpaired) electrons. The van der Waals surface area contributed by atoms with Crippen molar-refractivity contribution in [2.45, 2.75) is 53.2 Å². The first-order valence-electron chi connectivity index (χ1n) is 12.3. The summed E-state index contributed by atoms with van der Waals surface area (Å²) in [6.07, 6.45) is 0.0780. The molecule has 1 aliphatic rings. The van der Waals surface area contributed by atoms with E-state index in [0.717, 1.165) is 27.7 Å². The van der Waals surface area contributed by atoms with Crippen LogP contribution in [-0.2, 0) is 5.54 Å². The van der Waals surface area contributed by atoms with E-state index in [9.17, 15) is 0 Å². The van der Waals surface area contributed by atoms with Crippen LogP contribution in [0.4, 0.5) is 17.1 Å². The number of nitrogens with zero attached hydrogens (tertiary/aromatic N) is 3. The van der Waals surface area contributed by atoms with Gasteiger partial charge >= 0.3 is 0 Å². The normalized spacial score (nSPS) is 15.9. The van der Waals surface area contributed by atoms with E-state index in [0.29, 0.717) is 5.71 Å². The van der Waals surface area contributed by atoms with Gasteiger partial charge in [-0.3, -0.25) is 0 Å². The van der Waals surface area contributed by atoms with Crippen LogP contribution < -0.4 is 9.80 Å². The van der Waals surface area contributed by atoms with Crippen LogP contribution in [0, 0.1) is 20.8 Å². The van der Waals surface area contributed by atoms with Crippen LogP contribution in [0.25, 0.3) is 22.1 Å². The number of anilines is 3. The number of benzene rings is 3. The van der Waals surface area contributed by atoms with Crippen molar-refractivity contribution in [3.63, 3.8) is 0 Å². The van der Waals surface area contributed by atoms with Crippen LogP contribution in [0.1, 0.15) is 43.2 Å². The Labute approximate surface area is 206 Å². The minimum atomic E-state index is -0.218. The smallest absolute Gasteiger partial charge is 0.227 e. The molecule has 0 amide bonds. The molecule has 176 valence electrons. The van der Waals surface area contributed by atoms with Gasteiger partial charge in [-0.05, 0) is 82.5 Å². The third-order valence-corrected chi connectivity index (χ3v) is 7.62. The maximum absolute atomic E-state index is 6.47. The van der Waals surface area contributed by atoms with Crippen molar-refractivity contribution in [3.8, 4) is 0 Å². The Morgan fingerprint density at radius 2 is 1.46 bits per heavy atom. The summed E-state index contributed by atoms with van der Waals surface area (Å²) < 4.78 is 6.47. The van der Waals surface area contributed by atoms with Gasteiger partial charge in [-0.25, -0.2) is 4.98 Å². The number of pyridine rings is 1. The average molecular weight is 462 g/mol. The van der Waals surface area contributed by atoms with Crippen molar-refractivity contribution in [1.82, 2.24) is 4.98 Å². The van der Waals surface area contributed by atoms with Gasteiger partial charge in [-0.15, -0.1) is 0 Å². The van der Waals surface area contributed by atoms with Gasteiger partial charge in [0.15, 0.2) is 5.58 Å². The van der Waals surface area contributed by atoms with Crippen LogP contribution >= 0.6 is 0 Å². The molecule has 0 bridgehead atoms. The van der Waals surface area contributed by atoms with Crippen LogP contribution in [0.3, 0.4) is 0 Å². The van der Waals surface area contributed by atoms with Gasteiger partial charge in [-0.1, -0.05) is 48.5 Å².